The molecule has 0 unspecified atom stereocenters. The van der Waals surface area contributed by atoms with Crippen molar-refractivity contribution < 1.29 is 12.8 Å². The lowest BCUT2D eigenvalue weighted by atomic mass is 10.2. The maximum absolute atomic E-state index is 13.4. The van der Waals surface area contributed by atoms with Gasteiger partial charge in [-0.15, -0.1) is 5.10 Å². The minimum atomic E-state index is -3.70. The van der Waals surface area contributed by atoms with Crippen LogP contribution in [0.5, 0.6) is 0 Å². The molecule has 2 aromatic carbocycles. The Kier molecular flexibility index (Phi) is 5.39. The standard InChI is InChI=1S/C19H21FN6O2S/c1-15-5-7-17(8-6-15)26-19(21-22-23-26)14-24-9-11-25(12-10-24)29(27,28)18-4-2-3-16(20)13-18/h2-8,13H,9-12,14H2,1H3. The van der Waals surface area contributed by atoms with E-state index in [-0.39, 0.29) is 4.90 Å². The van der Waals surface area contributed by atoms with Gasteiger partial charge in [0.25, 0.3) is 0 Å². The predicted molar refractivity (Wildman–Crippen MR) is 104 cm³/mol. The topological polar surface area (TPSA) is 84.2 Å². The van der Waals surface area contributed by atoms with E-state index < -0.39 is 15.8 Å². The first-order valence-electron chi connectivity index (χ1n) is 9.26. The van der Waals surface area contributed by atoms with Gasteiger partial charge in [0.2, 0.25) is 10.0 Å². The van der Waals surface area contributed by atoms with Crippen LogP contribution in [0.15, 0.2) is 53.4 Å². The third-order valence-corrected chi connectivity index (χ3v) is 6.84. The van der Waals surface area contributed by atoms with Crippen LogP contribution in [-0.4, -0.2) is 64.0 Å². The number of benzene rings is 2. The Balaban J connectivity index is 1.42. The van der Waals surface area contributed by atoms with Gasteiger partial charge in [0.1, 0.15) is 5.82 Å². The first kappa shape index (κ1) is 19.6. The van der Waals surface area contributed by atoms with Gasteiger partial charge in [-0.25, -0.2) is 12.8 Å². The van der Waals surface area contributed by atoms with Gasteiger partial charge in [-0.05, 0) is 47.7 Å². The molecule has 1 aliphatic rings. The lowest BCUT2D eigenvalue weighted by molar-refractivity contribution is 0.177. The van der Waals surface area contributed by atoms with E-state index in [1.165, 1.54) is 22.5 Å². The quantitative estimate of drug-likeness (QED) is 0.628. The van der Waals surface area contributed by atoms with Gasteiger partial charge in [-0.1, -0.05) is 23.8 Å². The second-order valence-corrected chi connectivity index (χ2v) is 8.92. The normalized spacial score (nSPS) is 16.2. The molecule has 29 heavy (non-hydrogen) atoms. The second-order valence-electron chi connectivity index (χ2n) is 6.98. The number of tetrazole rings is 1. The molecular weight excluding hydrogens is 395 g/mol. The molecule has 1 aliphatic heterocycles. The van der Waals surface area contributed by atoms with E-state index in [1.807, 2.05) is 31.2 Å². The van der Waals surface area contributed by atoms with E-state index >= 15 is 0 Å². The summed E-state index contributed by atoms with van der Waals surface area (Å²) < 4.78 is 42.0. The molecule has 1 aromatic heterocycles. The van der Waals surface area contributed by atoms with Gasteiger partial charge < -0.3 is 0 Å². The van der Waals surface area contributed by atoms with Gasteiger partial charge >= 0.3 is 0 Å². The van der Waals surface area contributed by atoms with Gasteiger partial charge in [0.05, 0.1) is 17.1 Å². The van der Waals surface area contributed by atoms with Crippen molar-refractivity contribution in [3.8, 4) is 5.69 Å². The SMILES string of the molecule is Cc1ccc(-n2nnnc2CN2CCN(S(=O)(=O)c3cccc(F)c3)CC2)cc1. The number of nitrogens with zero attached hydrogens (tertiary/aromatic N) is 6. The monoisotopic (exact) mass is 416 g/mol. The highest BCUT2D eigenvalue weighted by Gasteiger charge is 2.29. The summed E-state index contributed by atoms with van der Waals surface area (Å²) >= 11 is 0. The molecule has 8 nitrogen and oxygen atoms in total. The van der Waals surface area contributed by atoms with Crippen LogP contribution in [-0.2, 0) is 16.6 Å². The van der Waals surface area contributed by atoms with E-state index in [2.05, 4.69) is 20.4 Å². The van der Waals surface area contributed by atoms with Crippen molar-refractivity contribution in [2.75, 3.05) is 26.2 Å². The molecule has 10 heteroatoms. The molecular formula is C19H21FN6O2S. The third-order valence-electron chi connectivity index (χ3n) is 4.94. The van der Waals surface area contributed by atoms with Crippen LogP contribution >= 0.6 is 0 Å². The number of aromatic nitrogens is 4. The Bertz CT molecular complexity index is 1090. The first-order valence-corrected chi connectivity index (χ1v) is 10.7. The second kappa shape index (κ2) is 7.97. The summed E-state index contributed by atoms with van der Waals surface area (Å²) in [6, 6.07) is 13.0. The molecule has 0 bridgehead atoms. The lowest BCUT2D eigenvalue weighted by Gasteiger charge is -2.33. The van der Waals surface area contributed by atoms with Crippen LogP contribution < -0.4 is 0 Å². The summed E-state index contributed by atoms with van der Waals surface area (Å²) in [5, 5.41) is 12.0. The Morgan fingerprint density at radius 1 is 1.03 bits per heavy atom. The highest BCUT2D eigenvalue weighted by molar-refractivity contribution is 7.89. The Labute approximate surface area is 168 Å². The number of rotatable bonds is 5. The van der Waals surface area contributed by atoms with E-state index in [4.69, 9.17) is 0 Å². The van der Waals surface area contributed by atoms with Crippen LogP contribution in [0.4, 0.5) is 4.39 Å². The molecule has 4 rings (SSSR count). The summed E-state index contributed by atoms with van der Waals surface area (Å²) in [5.41, 5.74) is 2.03. The molecule has 0 amide bonds. The van der Waals surface area contributed by atoms with Crippen LogP contribution in [0, 0.1) is 12.7 Å². The number of halogens is 1. The number of sulfonamides is 1. The van der Waals surface area contributed by atoms with Crippen molar-refractivity contribution in [2.45, 2.75) is 18.4 Å². The number of hydrogen-bond donors (Lipinski definition) is 0. The number of aryl methyl sites for hydroxylation is 1. The lowest BCUT2D eigenvalue weighted by Crippen LogP contribution is -2.48. The third kappa shape index (κ3) is 4.19. The Hall–Kier alpha value is -2.69. The van der Waals surface area contributed by atoms with Crippen LogP contribution in [0.25, 0.3) is 5.69 Å². The van der Waals surface area contributed by atoms with Crippen LogP contribution in [0.2, 0.25) is 0 Å². The minimum absolute atomic E-state index is 0.0192. The van der Waals surface area contributed by atoms with Crippen molar-refractivity contribution in [1.29, 1.82) is 0 Å². The van der Waals surface area contributed by atoms with Gasteiger partial charge in [0, 0.05) is 26.2 Å². The summed E-state index contributed by atoms with van der Waals surface area (Å²) in [7, 11) is -3.70. The first-order chi connectivity index (χ1) is 13.9. The summed E-state index contributed by atoms with van der Waals surface area (Å²) in [6.07, 6.45) is 0. The molecule has 1 saturated heterocycles. The molecule has 0 aliphatic carbocycles. The fourth-order valence-electron chi connectivity index (χ4n) is 3.30. The fourth-order valence-corrected chi connectivity index (χ4v) is 4.75. The van der Waals surface area contributed by atoms with Crippen LogP contribution in [0.1, 0.15) is 11.4 Å². The number of hydrogen-bond acceptors (Lipinski definition) is 6. The Morgan fingerprint density at radius 3 is 2.45 bits per heavy atom. The molecule has 0 saturated carbocycles. The zero-order valence-corrected chi connectivity index (χ0v) is 16.8. The predicted octanol–water partition coefficient (Wildman–Crippen LogP) is 1.62. The van der Waals surface area contributed by atoms with Gasteiger partial charge in [0.15, 0.2) is 5.82 Å². The summed E-state index contributed by atoms with van der Waals surface area (Å²) in [4.78, 5) is 2.09. The van der Waals surface area contributed by atoms with E-state index in [9.17, 15) is 12.8 Å². The average Bonchev–Trinajstić information content (AvgIpc) is 3.17. The Morgan fingerprint density at radius 2 is 1.76 bits per heavy atom. The molecule has 0 radical (unpaired) electrons. The molecule has 0 atom stereocenters. The fraction of sp³-hybridized carbons (Fsp3) is 0.316. The van der Waals surface area contributed by atoms with E-state index in [1.54, 1.807) is 4.68 Å². The van der Waals surface area contributed by atoms with Crippen molar-refractivity contribution in [2.24, 2.45) is 0 Å². The highest BCUT2D eigenvalue weighted by Crippen LogP contribution is 2.19. The van der Waals surface area contributed by atoms with Crippen molar-refractivity contribution in [3.63, 3.8) is 0 Å². The van der Waals surface area contributed by atoms with Crippen LogP contribution in [0.3, 0.4) is 0 Å². The molecule has 2 heterocycles. The number of piperazine rings is 1. The molecule has 3 aromatic rings. The van der Waals surface area contributed by atoms with Gasteiger partial charge in [-0.3, -0.25) is 4.90 Å². The van der Waals surface area contributed by atoms with Crippen molar-refractivity contribution >= 4 is 10.0 Å². The maximum Gasteiger partial charge on any atom is 0.243 e. The van der Waals surface area contributed by atoms with E-state index in [0.29, 0.717) is 38.5 Å². The summed E-state index contributed by atoms with van der Waals surface area (Å²) in [5.74, 6) is 0.128. The zero-order valence-electron chi connectivity index (χ0n) is 15.9. The van der Waals surface area contributed by atoms with Crippen molar-refractivity contribution in [1.82, 2.24) is 29.4 Å². The maximum atomic E-state index is 13.4. The minimum Gasteiger partial charge on any atom is -0.293 e. The molecule has 0 spiro atoms. The zero-order chi connectivity index (χ0) is 20.4. The molecule has 1 fully saturated rings. The summed E-state index contributed by atoms with van der Waals surface area (Å²) in [6.45, 7) is 4.25. The largest absolute Gasteiger partial charge is 0.293 e. The molecule has 152 valence electrons. The van der Waals surface area contributed by atoms with E-state index in [0.717, 1.165) is 17.3 Å². The average molecular weight is 416 g/mol. The smallest absolute Gasteiger partial charge is 0.243 e. The van der Waals surface area contributed by atoms with Crippen molar-refractivity contribution in [3.05, 3.63) is 65.7 Å². The highest BCUT2D eigenvalue weighted by atomic mass is 32.2. The van der Waals surface area contributed by atoms with Gasteiger partial charge in [-0.2, -0.15) is 8.99 Å². The molecule has 0 N–H and O–H groups in total.